The number of methoxy groups -OCH3 is 1. The molecule has 0 saturated heterocycles. The Labute approximate surface area is 103 Å². The fraction of sp³-hybridized carbons (Fsp3) is 0.308. The summed E-state index contributed by atoms with van der Waals surface area (Å²) < 4.78 is 18.5. The summed E-state index contributed by atoms with van der Waals surface area (Å²) in [6, 6.07) is 4.56. The van der Waals surface area contributed by atoms with Gasteiger partial charge in [0.15, 0.2) is 0 Å². The minimum absolute atomic E-state index is 0.364. The van der Waals surface area contributed by atoms with Crippen molar-refractivity contribution >= 4 is 22.5 Å². The molecule has 1 saturated carbocycles. The molecule has 0 atom stereocenters. The zero-order chi connectivity index (χ0) is 12.0. The van der Waals surface area contributed by atoms with Gasteiger partial charge in [-0.25, -0.2) is 9.37 Å². The molecule has 0 radical (unpaired) electrons. The molecule has 0 amide bonds. The van der Waals surface area contributed by atoms with Crippen LogP contribution in [-0.4, -0.2) is 12.1 Å². The van der Waals surface area contributed by atoms with Crippen LogP contribution in [0.2, 0.25) is 5.02 Å². The van der Waals surface area contributed by atoms with E-state index in [4.69, 9.17) is 16.3 Å². The molecule has 1 aromatic heterocycles. The molecule has 3 rings (SSSR count). The SMILES string of the molecule is COc1cc(F)cc2c(Cl)cc(C3CC3)nc12. The maximum atomic E-state index is 13.4. The topological polar surface area (TPSA) is 22.1 Å². The van der Waals surface area contributed by atoms with E-state index in [-0.39, 0.29) is 5.82 Å². The summed E-state index contributed by atoms with van der Waals surface area (Å²) in [6.45, 7) is 0. The minimum Gasteiger partial charge on any atom is -0.494 e. The first-order valence-corrected chi connectivity index (χ1v) is 5.90. The molecule has 0 spiro atoms. The van der Waals surface area contributed by atoms with E-state index in [2.05, 4.69) is 4.98 Å². The van der Waals surface area contributed by atoms with Crippen molar-refractivity contribution in [2.75, 3.05) is 7.11 Å². The van der Waals surface area contributed by atoms with Gasteiger partial charge in [0, 0.05) is 23.1 Å². The highest BCUT2D eigenvalue weighted by molar-refractivity contribution is 6.35. The van der Waals surface area contributed by atoms with Gasteiger partial charge in [-0.15, -0.1) is 0 Å². The summed E-state index contributed by atoms with van der Waals surface area (Å²) in [4.78, 5) is 4.53. The molecule has 0 unspecified atom stereocenters. The Bertz CT molecular complexity index is 595. The molecule has 4 heteroatoms. The van der Waals surface area contributed by atoms with E-state index in [0.717, 1.165) is 18.5 Å². The third-order valence-corrected chi connectivity index (χ3v) is 3.34. The van der Waals surface area contributed by atoms with Crippen LogP contribution in [0.1, 0.15) is 24.5 Å². The molecule has 0 N–H and O–H groups in total. The molecule has 1 aromatic carbocycles. The Morgan fingerprint density at radius 1 is 1.35 bits per heavy atom. The number of nitrogens with zero attached hydrogens (tertiary/aromatic N) is 1. The van der Waals surface area contributed by atoms with Crippen molar-refractivity contribution in [1.82, 2.24) is 4.98 Å². The summed E-state index contributed by atoms with van der Waals surface area (Å²) in [5, 5.41) is 1.14. The average molecular weight is 252 g/mol. The lowest BCUT2D eigenvalue weighted by Gasteiger charge is -2.08. The number of ether oxygens (including phenoxy) is 1. The van der Waals surface area contributed by atoms with Crippen molar-refractivity contribution in [2.24, 2.45) is 0 Å². The van der Waals surface area contributed by atoms with Crippen LogP contribution >= 0.6 is 11.6 Å². The van der Waals surface area contributed by atoms with E-state index < -0.39 is 0 Å². The number of benzene rings is 1. The Morgan fingerprint density at radius 3 is 2.76 bits per heavy atom. The quantitative estimate of drug-likeness (QED) is 0.807. The summed E-state index contributed by atoms with van der Waals surface area (Å²) in [7, 11) is 1.51. The number of hydrogen-bond acceptors (Lipinski definition) is 2. The fourth-order valence-electron chi connectivity index (χ4n) is 1.98. The second-order valence-electron chi connectivity index (χ2n) is 4.31. The number of halogens is 2. The molecule has 1 fully saturated rings. The van der Waals surface area contributed by atoms with E-state index in [1.165, 1.54) is 19.2 Å². The molecule has 0 bridgehead atoms. The maximum Gasteiger partial charge on any atom is 0.148 e. The van der Waals surface area contributed by atoms with Crippen LogP contribution in [0.5, 0.6) is 5.75 Å². The summed E-state index contributed by atoms with van der Waals surface area (Å²) in [5.74, 6) is 0.577. The lowest BCUT2D eigenvalue weighted by molar-refractivity contribution is 0.415. The molecule has 88 valence electrons. The lowest BCUT2D eigenvalue weighted by atomic mass is 10.1. The van der Waals surface area contributed by atoms with Crippen molar-refractivity contribution < 1.29 is 9.13 Å². The van der Waals surface area contributed by atoms with Gasteiger partial charge in [-0.2, -0.15) is 0 Å². The molecule has 17 heavy (non-hydrogen) atoms. The smallest absolute Gasteiger partial charge is 0.148 e. The second kappa shape index (κ2) is 3.84. The van der Waals surface area contributed by atoms with Gasteiger partial charge in [0.2, 0.25) is 0 Å². The van der Waals surface area contributed by atoms with Gasteiger partial charge in [-0.3, -0.25) is 0 Å². The van der Waals surface area contributed by atoms with E-state index >= 15 is 0 Å². The first-order chi connectivity index (χ1) is 8.19. The van der Waals surface area contributed by atoms with E-state index in [0.29, 0.717) is 27.6 Å². The van der Waals surface area contributed by atoms with Crippen LogP contribution in [0.15, 0.2) is 18.2 Å². The molecule has 1 aliphatic carbocycles. The molecular weight excluding hydrogens is 241 g/mol. The van der Waals surface area contributed by atoms with Crippen molar-refractivity contribution in [1.29, 1.82) is 0 Å². The first kappa shape index (κ1) is 10.8. The monoisotopic (exact) mass is 251 g/mol. The van der Waals surface area contributed by atoms with Crippen LogP contribution in [0.3, 0.4) is 0 Å². The number of hydrogen-bond donors (Lipinski definition) is 0. The van der Waals surface area contributed by atoms with E-state index in [1.54, 1.807) is 0 Å². The third kappa shape index (κ3) is 1.84. The van der Waals surface area contributed by atoms with Gasteiger partial charge in [0.1, 0.15) is 17.1 Å². The number of rotatable bonds is 2. The van der Waals surface area contributed by atoms with Crippen molar-refractivity contribution in [2.45, 2.75) is 18.8 Å². The fourth-order valence-corrected chi connectivity index (χ4v) is 2.24. The highest BCUT2D eigenvalue weighted by Crippen LogP contribution is 2.42. The van der Waals surface area contributed by atoms with E-state index in [1.807, 2.05) is 6.07 Å². The van der Waals surface area contributed by atoms with Crippen molar-refractivity contribution in [3.05, 3.63) is 34.7 Å². The van der Waals surface area contributed by atoms with Crippen LogP contribution in [0, 0.1) is 5.82 Å². The standard InChI is InChI=1S/C13H11ClFNO/c1-17-12-5-8(15)4-9-10(14)6-11(7-2-3-7)16-13(9)12/h4-7H,2-3H2,1H3. The van der Waals surface area contributed by atoms with Crippen LogP contribution in [0.25, 0.3) is 10.9 Å². The Hall–Kier alpha value is -1.35. The number of fused-ring (bicyclic) bond motifs is 1. The van der Waals surface area contributed by atoms with Gasteiger partial charge in [-0.05, 0) is 25.0 Å². The van der Waals surface area contributed by atoms with Crippen LogP contribution < -0.4 is 4.74 Å². The molecule has 0 aliphatic heterocycles. The first-order valence-electron chi connectivity index (χ1n) is 5.52. The molecule has 1 aliphatic rings. The van der Waals surface area contributed by atoms with Crippen molar-refractivity contribution in [3.8, 4) is 5.75 Å². The maximum absolute atomic E-state index is 13.4. The molecule has 2 aromatic rings. The number of aromatic nitrogens is 1. The van der Waals surface area contributed by atoms with Crippen LogP contribution in [-0.2, 0) is 0 Å². The van der Waals surface area contributed by atoms with E-state index in [9.17, 15) is 4.39 Å². The highest BCUT2D eigenvalue weighted by atomic mass is 35.5. The number of pyridine rings is 1. The predicted molar refractivity (Wildman–Crippen MR) is 65.2 cm³/mol. The van der Waals surface area contributed by atoms with Gasteiger partial charge >= 0.3 is 0 Å². The summed E-state index contributed by atoms with van der Waals surface area (Å²) >= 11 is 6.17. The summed E-state index contributed by atoms with van der Waals surface area (Å²) in [6.07, 6.45) is 2.30. The van der Waals surface area contributed by atoms with Gasteiger partial charge in [0.25, 0.3) is 0 Å². The summed E-state index contributed by atoms with van der Waals surface area (Å²) in [5.41, 5.74) is 1.62. The zero-order valence-corrected chi connectivity index (χ0v) is 10.1. The van der Waals surface area contributed by atoms with Gasteiger partial charge in [0.05, 0.1) is 12.1 Å². The highest BCUT2D eigenvalue weighted by Gasteiger charge is 2.26. The predicted octanol–water partition coefficient (Wildman–Crippen LogP) is 3.91. The second-order valence-corrected chi connectivity index (χ2v) is 4.71. The third-order valence-electron chi connectivity index (χ3n) is 3.03. The van der Waals surface area contributed by atoms with Crippen molar-refractivity contribution in [3.63, 3.8) is 0 Å². The van der Waals surface area contributed by atoms with Gasteiger partial charge in [-0.1, -0.05) is 11.6 Å². The Balaban J connectivity index is 2.31. The normalized spacial score (nSPS) is 15.2. The zero-order valence-electron chi connectivity index (χ0n) is 9.34. The van der Waals surface area contributed by atoms with Gasteiger partial charge < -0.3 is 4.74 Å². The lowest BCUT2D eigenvalue weighted by Crippen LogP contribution is -1.94. The molecular formula is C13H11ClFNO. The Morgan fingerprint density at radius 2 is 2.12 bits per heavy atom. The van der Waals surface area contributed by atoms with Crippen LogP contribution in [0.4, 0.5) is 4.39 Å². The molecule has 1 heterocycles. The average Bonchev–Trinajstić information content (AvgIpc) is 3.12. The minimum atomic E-state index is -0.364. The largest absolute Gasteiger partial charge is 0.494 e. The Kier molecular flexibility index (Phi) is 2.44. The molecule has 2 nitrogen and oxygen atoms in total.